The molecule has 0 aliphatic rings. The highest BCUT2D eigenvalue weighted by Crippen LogP contribution is 2.13. The summed E-state index contributed by atoms with van der Waals surface area (Å²) in [5, 5.41) is 3.36. The molecule has 0 radical (unpaired) electrons. The number of nitrogens with one attached hydrogen (secondary N) is 1. The number of likely N-dealkylation sites (N-methyl/N-ethyl adjacent to an activating group) is 1. The third-order valence-electron chi connectivity index (χ3n) is 3.75. The summed E-state index contributed by atoms with van der Waals surface area (Å²) in [6.45, 7) is 4.93. The molecule has 4 nitrogen and oxygen atoms in total. The SMILES string of the molecule is CCN(CC)C(=O)/C(=C/c1ccc(Cl)cc1)NC(=O)c1ccccc1. The monoisotopic (exact) mass is 356 g/mol. The molecule has 2 amide bonds. The predicted octanol–water partition coefficient (Wildman–Crippen LogP) is 3.98. The van der Waals surface area contributed by atoms with Gasteiger partial charge in [0, 0.05) is 23.7 Å². The summed E-state index contributed by atoms with van der Waals surface area (Å²) in [6, 6.07) is 15.9. The Balaban J connectivity index is 2.33. The molecule has 130 valence electrons. The van der Waals surface area contributed by atoms with Crippen LogP contribution >= 0.6 is 11.6 Å². The van der Waals surface area contributed by atoms with E-state index in [1.165, 1.54) is 0 Å². The molecule has 0 unspecified atom stereocenters. The Kier molecular flexibility index (Phi) is 6.78. The zero-order valence-corrected chi connectivity index (χ0v) is 15.1. The molecule has 0 saturated carbocycles. The van der Waals surface area contributed by atoms with Crippen LogP contribution in [0.15, 0.2) is 60.3 Å². The average molecular weight is 357 g/mol. The predicted molar refractivity (Wildman–Crippen MR) is 101 cm³/mol. The molecule has 5 heteroatoms. The van der Waals surface area contributed by atoms with Crippen molar-refractivity contribution in [2.24, 2.45) is 0 Å². The van der Waals surface area contributed by atoms with E-state index in [2.05, 4.69) is 5.32 Å². The summed E-state index contributed by atoms with van der Waals surface area (Å²) < 4.78 is 0. The molecule has 0 aliphatic carbocycles. The Bertz CT molecular complexity index is 751. The standard InChI is InChI=1S/C20H21ClN2O2/c1-3-23(4-2)20(25)18(14-15-10-12-17(21)13-11-15)22-19(24)16-8-6-5-7-9-16/h5-14H,3-4H2,1-2H3,(H,22,24)/b18-14-. The summed E-state index contributed by atoms with van der Waals surface area (Å²) >= 11 is 5.90. The summed E-state index contributed by atoms with van der Waals surface area (Å²) in [5.74, 6) is -0.537. The molecule has 0 aliphatic heterocycles. The number of nitrogens with zero attached hydrogens (tertiary/aromatic N) is 1. The van der Waals surface area contributed by atoms with Crippen LogP contribution in [0.5, 0.6) is 0 Å². The van der Waals surface area contributed by atoms with E-state index in [0.717, 1.165) is 5.56 Å². The maximum Gasteiger partial charge on any atom is 0.270 e. The Hall–Kier alpha value is -2.59. The van der Waals surface area contributed by atoms with Gasteiger partial charge in [-0.05, 0) is 49.8 Å². The second-order valence-corrected chi connectivity index (χ2v) is 5.84. The van der Waals surface area contributed by atoms with Crippen molar-refractivity contribution in [2.75, 3.05) is 13.1 Å². The van der Waals surface area contributed by atoms with Crippen molar-refractivity contribution in [3.63, 3.8) is 0 Å². The van der Waals surface area contributed by atoms with Gasteiger partial charge in [-0.15, -0.1) is 0 Å². The first-order valence-electron chi connectivity index (χ1n) is 8.18. The van der Waals surface area contributed by atoms with Crippen molar-refractivity contribution in [3.8, 4) is 0 Å². The highest BCUT2D eigenvalue weighted by molar-refractivity contribution is 6.30. The van der Waals surface area contributed by atoms with Crippen molar-refractivity contribution < 1.29 is 9.59 Å². The molecule has 2 aromatic rings. The fourth-order valence-corrected chi connectivity index (χ4v) is 2.47. The first kappa shape index (κ1) is 18.7. The van der Waals surface area contributed by atoms with E-state index in [1.54, 1.807) is 59.5 Å². The van der Waals surface area contributed by atoms with Crippen LogP contribution < -0.4 is 5.32 Å². The van der Waals surface area contributed by atoms with Crippen molar-refractivity contribution in [2.45, 2.75) is 13.8 Å². The summed E-state index contributed by atoms with van der Waals surface area (Å²) in [5.41, 5.74) is 1.52. The first-order chi connectivity index (χ1) is 12.0. The summed E-state index contributed by atoms with van der Waals surface area (Å²) in [7, 11) is 0. The van der Waals surface area contributed by atoms with E-state index in [9.17, 15) is 9.59 Å². The molecule has 0 heterocycles. The highest BCUT2D eigenvalue weighted by Gasteiger charge is 2.18. The summed E-state index contributed by atoms with van der Waals surface area (Å²) in [6.07, 6.45) is 1.66. The average Bonchev–Trinajstić information content (AvgIpc) is 2.64. The van der Waals surface area contributed by atoms with E-state index in [1.807, 2.05) is 19.9 Å². The van der Waals surface area contributed by atoms with E-state index in [-0.39, 0.29) is 17.5 Å². The second-order valence-electron chi connectivity index (χ2n) is 5.41. The maximum absolute atomic E-state index is 12.8. The van der Waals surface area contributed by atoms with Gasteiger partial charge in [0.2, 0.25) is 0 Å². The van der Waals surface area contributed by atoms with Crippen molar-refractivity contribution in [1.29, 1.82) is 0 Å². The number of halogens is 1. The van der Waals surface area contributed by atoms with E-state index < -0.39 is 0 Å². The molecular weight excluding hydrogens is 336 g/mol. The molecule has 0 spiro atoms. The van der Waals surface area contributed by atoms with Crippen LogP contribution in [0.2, 0.25) is 5.02 Å². The van der Waals surface area contributed by atoms with Gasteiger partial charge in [-0.25, -0.2) is 0 Å². The van der Waals surface area contributed by atoms with E-state index >= 15 is 0 Å². The van der Waals surface area contributed by atoms with Gasteiger partial charge in [0.25, 0.3) is 11.8 Å². The van der Waals surface area contributed by atoms with Gasteiger partial charge in [0.15, 0.2) is 0 Å². The van der Waals surface area contributed by atoms with Crippen LogP contribution in [-0.4, -0.2) is 29.8 Å². The Morgan fingerprint density at radius 2 is 1.60 bits per heavy atom. The van der Waals surface area contributed by atoms with Crippen LogP contribution in [0.25, 0.3) is 6.08 Å². The Labute approximate surface area is 153 Å². The van der Waals surface area contributed by atoms with Gasteiger partial charge >= 0.3 is 0 Å². The van der Waals surface area contributed by atoms with Gasteiger partial charge in [-0.1, -0.05) is 41.9 Å². The molecule has 2 rings (SSSR count). The normalized spacial score (nSPS) is 11.1. The van der Waals surface area contributed by atoms with Gasteiger partial charge in [0.05, 0.1) is 0 Å². The van der Waals surface area contributed by atoms with E-state index in [4.69, 9.17) is 11.6 Å². The molecule has 0 saturated heterocycles. The first-order valence-corrected chi connectivity index (χ1v) is 8.55. The third-order valence-corrected chi connectivity index (χ3v) is 4.00. The lowest BCUT2D eigenvalue weighted by atomic mass is 10.1. The molecular formula is C20H21ClN2O2. The number of hydrogen-bond donors (Lipinski definition) is 1. The van der Waals surface area contributed by atoms with Crippen LogP contribution in [0.3, 0.4) is 0 Å². The van der Waals surface area contributed by atoms with Gasteiger partial charge in [0.1, 0.15) is 5.70 Å². The summed E-state index contributed by atoms with van der Waals surface area (Å²) in [4.78, 5) is 26.9. The molecule has 0 bridgehead atoms. The van der Waals surface area contributed by atoms with Crippen LogP contribution in [0.4, 0.5) is 0 Å². The third kappa shape index (κ3) is 5.19. The lowest BCUT2D eigenvalue weighted by molar-refractivity contribution is -0.127. The zero-order chi connectivity index (χ0) is 18.2. The molecule has 25 heavy (non-hydrogen) atoms. The number of carbonyl (C=O) groups is 2. The van der Waals surface area contributed by atoms with Gasteiger partial charge < -0.3 is 10.2 Å². The van der Waals surface area contributed by atoms with Crippen LogP contribution in [0, 0.1) is 0 Å². The molecule has 0 fully saturated rings. The van der Waals surface area contributed by atoms with Crippen LogP contribution in [0.1, 0.15) is 29.8 Å². The van der Waals surface area contributed by atoms with Crippen molar-refractivity contribution in [3.05, 3.63) is 76.4 Å². The number of amides is 2. The lowest BCUT2D eigenvalue weighted by Gasteiger charge is -2.21. The lowest BCUT2D eigenvalue weighted by Crippen LogP contribution is -2.38. The second kappa shape index (κ2) is 9.04. The fraction of sp³-hybridized carbons (Fsp3) is 0.200. The fourth-order valence-electron chi connectivity index (χ4n) is 2.34. The zero-order valence-electron chi connectivity index (χ0n) is 14.3. The van der Waals surface area contributed by atoms with Crippen LogP contribution in [-0.2, 0) is 4.79 Å². The number of benzene rings is 2. The van der Waals surface area contributed by atoms with Crippen molar-refractivity contribution in [1.82, 2.24) is 10.2 Å². The topological polar surface area (TPSA) is 49.4 Å². The maximum atomic E-state index is 12.8. The number of rotatable bonds is 6. The number of hydrogen-bond acceptors (Lipinski definition) is 2. The van der Waals surface area contributed by atoms with Crippen molar-refractivity contribution >= 4 is 29.5 Å². The minimum Gasteiger partial charge on any atom is -0.338 e. The highest BCUT2D eigenvalue weighted by atomic mass is 35.5. The smallest absolute Gasteiger partial charge is 0.270 e. The quantitative estimate of drug-likeness (QED) is 0.796. The minimum absolute atomic E-state index is 0.218. The molecule has 2 aromatic carbocycles. The minimum atomic E-state index is -0.318. The Morgan fingerprint density at radius 1 is 1.00 bits per heavy atom. The van der Waals surface area contributed by atoms with Gasteiger partial charge in [-0.2, -0.15) is 0 Å². The largest absolute Gasteiger partial charge is 0.338 e. The Morgan fingerprint density at radius 3 is 2.16 bits per heavy atom. The molecule has 0 atom stereocenters. The van der Waals surface area contributed by atoms with Gasteiger partial charge in [-0.3, -0.25) is 9.59 Å². The molecule has 1 N–H and O–H groups in total. The van der Waals surface area contributed by atoms with E-state index in [0.29, 0.717) is 23.7 Å². The molecule has 0 aromatic heterocycles. The number of carbonyl (C=O) groups excluding carboxylic acids is 2.